The van der Waals surface area contributed by atoms with E-state index in [9.17, 15) is 22.4 Å². The van der Waals surface area contributed by atoms with Crippen molar-refractivity contribution in [2.24, 2.45) is 0 Å². The van der Waals surface area contributed by atoms with Gasteiger partial charge in [-0.15, -0.1) is 0 Å². The molecule has 1 aliphatic heterocycles. The van der Waals surface area contributed by atoms with Crippen LogP contribution in [0.4, 0.5) is 10.1 Å². The lowest BCUT2D eigenvalue weighted by molar-refractivity contribution is -0.141. The first kappa shape index (κ1) is 21.7. The van der Waals surface area contributed by atoms with Crippen LogP contribution in [0, 0.1) is 5.82 Å². The predicted octanol–water partition coefficient (Wildman–Crippen LogP) is 2.03. The molecule has 3 rings (SSSR count). The second kappa shape index (κ2) is 9.23. The third-order valence-corrected chi connectivity index (χ3v) is 5.78. The van der Waals surface area contributed by atoms with Crippen molar-refractivity contribution in [3.05, 3.63) is 59.9 Å². The van der Waals surface area contributed by atoms with Crippen LogP contribution >= 0.6 is 0 Å². The lowest BCUT2D eigenvalue weighted by atomic mass is 10.2. The van der Waals surface area contributed by atoms with Gasteiger partial charge in [0.1, 0.15) is 5.82 Å². The van der Waals surface area contributed by atoms with Gasteiger partial charge in [-0.05, 0) is 49.4 Å². The van der Waals surface area contributed by atoms with Crippen molar-refractivity contribution in [1.82, 2.24) is 4.90 Å². The van der Waals surface area contributed by atoms with E-state index >= 15 is 0 Å². The Hall–Kier alpha value is -2.98. The van der Waals surface area contributed by atoms with Crippen LogP contribution in [0.5, 0.6) is 0 Å². The number of hydrogen-bond acceptors (Lipinski definition) is 6. The van der Waals surface area contributed by atoms with Gasteiger partial charge < -0.3 is 14.4 Å². The summed E-state index contributed by atoms with van der Waals surface area (Å²) in [6, 6.07) is 10.0. The zero-order valence-corrected chi connectivity index (χ0v) is 17.0. The predicted molar refractivity (Wildman–Crippen MR) is 106 cm³/mol. The smallest absolute Gasteiger partial charge is 0.338 e. The molecule has 160 valence electrons. The molecule has 0 spiro atoms. The Bertz CT molecular complexity index is 1030. The van der Waals surface area contributed by atoms with Crippen molar-refractivity contribution in [1.29, 1.82) is 0 Å². The highest BCUT2D eigenvalue weighted by atomic mass is 32.2. The molecule has 1 unspecified atom stereocenters. The number of nitrogens with zero attached hydrogens (tertiary/aromatic N) is 1. The quantitative estimate of drug-likeness (QED) is 0.696. The Balaban J connectivity index is 1.64. The van der Waals surface area contributed by atoms with Crippen molar-refractivity contribution in [2.45, 2.75) is 17.9 Å². The summed E-state index contributed by atoms with van der Waals surface area (Å²) in [6.45, 7) is 2.65. The zero-order valence-electron chi connectivity index (χ0n) is 16.2. The standard InChI is InChI=1S/C20H21FN2O6S/c1-14-12-23(9-10-28-14)19(24)13-29-20(25)15-3-2-4-18(11-15)30(26,27)22-17-7-5-16(21)6-8-17/h2-8,11,14,22H,9-10,12-13H2,1H3. The van der Waals surface area contributed by atoms with Crippen molar-refractivity contribution in [3.8, 4) is 0 Å². The zero-order chi connectivity index (χ0) is 21.7. The molecule has 1 fully saturated rings. The molecule has 10 heteroatoms. The van der Waals surface area contributed by atoms with Crippen LogP contribution in [-0.2, 0) is 24.3 Å². The van der Waals surface area contributed by atoms with E-state index in [2.05, 4.69) is 4.72 Å². The minimum atomic E-state index is -4.01. The fraction of sp³-hybridized carbons (Fsp3) is 0.300. The average molecular weight is 436 g/mol. The average Bonchev–Trinajstić information content (AvgIpc) is 2.73. The van der Waals surface area contributed by atoms with Gasteiger partial charge in [0, 0.05) is 18.8 Å². The third kappa shape index (κ3) is 5.55. The number of rotatable bonds is 6. The van der Waals surface area contributed by atoms with Gasteiger partial charge in [-0.2, -0.15) is 0 Å². The first-order valence-corrected chi connectivity index (χ1v) is 10.7. The topological polar surface area (TPSA) is 102 Å². The molecule has 0 bridgehead atoms. The SMILES string of the molecule is CC1CN(C(=O)COC(=O)c2cccc(S(=O)(=O)Nc3ccc(F)cc3)c2)CCO1. The van der Waals surface area contributed by atoms with Crippen LogP contribution in [0.2, 0.25) is 0 Å². The second-order valence-electron chi connectivity index (χ2n) is 6.74. The Morgan fingerprint density at radius 1 is 1.23 bits per heavy atom. The van der Waals surface area contributed by atoms with Crippen LogP contribution < -0.4 is 4.72 Å². The summed E-state index contributed by atoms with van der Waals surface area (Å²) < 4.78 is 50.8. The maximum Gasteiger partial charge on any atom is 0.338 e. The number of ether oxygens (including phenoxy) is 2. The van der Waals surface area contributed by atoms with E-state index in [4.69, 9.17) is 9.47 Å². The number of nitrogens with one attached hydrogen (secondary N) is 1. The molecule has 0 aromatic heterocycles. The van der Waals surface area contributed by atoms with E-state index in [1.165, 1.54) is 30.3 Å². The lowest BCUT2D eigenvalue weighted by Gasteiger charge is -2.30. The second-order valence-corrected chi connectivity index (χ2v) is 8.42. The largest absolute Gasteiger partial charge is 0.452 e. The number of morpholine rings is 1. The number of carbonyl (C=O) groups excluding carboxylic acids is 2. The van der Waals surface area contributed by atoms with E-state index in [-0.39, 0.29) is 28.2 Å². The van der Waals surface area contributed by atoms with Gasteiger partial charge in [0.05, 0.1) is 23.2 Å². The molecule has 1 atom stereocenters. The Morgan fingerprint density at radius 2 is 1.97 bits per heavy atom. The summed E-state index contributed by atoms with van der Waals surface area (Å²) in [7, 11) is -4.01. The molecule has 2 aromatic rings. The number of sulfonamides is 1. The van der Waals surface area contributed by atoms with Gasteiger partial charge in [0.2, 0.25) is 0 Å². The number of esters is 1. The van der Waals surface area contributed by atoms with Gasteiger partial charge >= 0.3 is 5.97 Å². The lowest BCUT2D eigenvalue weighted by Crippen LogP contribution is -2.46. The number of carbonyl (C=O) groups is 2. The van der Waals surface area contributed by atoms with Gasteiger partial charge in [0.15, 0.2) is 6.61 Å². The summed E-state index contributed by atoms with van der Waals surface area (Å²) in [5, 5.41) is 0. The molecular weight excluding hydrogens is 415 g/mol. The van der Waals surface area contributed by atoms with Crippen molar-refractivity contribution < 1.29 is 31.9 Å². The van der Waals surface area contributed by atoms with E-state index in [1.807, 2.05) is 6.92 Å². The summed E-state index contributed by atoms with van der Waals surface area (Å²) in [5.41, 5.74) is 0.162. The number of anilines is 1. The molecular formula is C20H21FN2O6S. The maximum atomic E-state index is 13.0. The molecule has 1 amide bonds. The fourth-order valence-corrected chi connectivity index (χ4v) is 3.97. The first-order chi connectivity index (χ1) is 14.2. The first-order valence-electron chi connectivity index (χ1n) is 9.19. The van der Waals surface area contributed by atoms with Crippen molar-refractivity contribution in [3.63, 3.8) is 0 Å². The maximum absolute atomic E-state index is 13.0. The van der Waals surface area contributed by atoms with E-state index in [0.29, 0.717) is 19.7 Å². The van der Waals surface area contributed by atoms with Crippen LogP contribution in [0.1, 0.15) is 17.3 Å². The number of benzene rings is 2. The molecule has 1 saturated heterocycles. The number of hydrogen-bond donors (Lipinski definition) is 1. The Morgan fingerprint density at radius 3 is 2.67 bits per heavy atom. The highest BCUT2D eigenvalue weighted by Gasteiger charge is 2.23. The molecule has 0 saturated carbocycles. The van der Waals surface area contributed by atoms with Crippen molar-refractivity contribution >= 4 is 27.6 Å². The molecule has 1 aliphatic rings. The van der Waals surface area contributed by atoms with E-state index in [1.54, 1.807) is 4.90 Å². The highest BCUT2D eigenvalue weighted by Crippen LogP contribution is 2.18. The summed E-state index contributed by atoms with van der Waals surface area (Å²) in [4.78, 5) is 25.9. The van der Waals surface area contributed by atoms with Crippen LogP contribution in [0.3, 0.4) is 0 Å². The molecule has 30 heavy (non-hydrogen) atoms. The third-order valence-electron chi connectivity index (χ3n) is 4.40. The van der Waals surface area contributed by atoms with Gasteiger partial charge in [-0.1, -0.05) is 6.07 Å². The van der Waals surface area contributed by atoms with E-state index < -0.39 is 28.4 Å². The molecule has 0 radical (unpaired) electrons. The summed E-state index contributed by atoms with van der Waals surface area (Å²) in [5.74, 6) is -1.66. The summed E-state index contributed by atoms with van der Waals surface area (Å²) in [6.07, 6.45) is -0.0890. The van der Waals surface area contributed by atoms with Gasteiger partial charge in [0.25, 0.3) is 15.9 Å². The van der Waals surface area contributed by atoms with Crippen LogP contribution in [-0.4, -0.2) is 57.6 Å². The normalized spacial score (nSPS) is 16.7. The van der Waals surface area contributed by atoms with E-state index in [0.717, 1.165) is 18.2 Å². The molecule has 8 nitrogen and oxygen atoms in total. The van der Waals surface area contributed by atoms with Crippen LogP contribution in [0.15, 0.2) is 53.4 Å². The number of amides is 1. The monoisotopic (exact) mass is 436 g/mol. The minimum absolute atomic E-state index is 0.0138. The van der Waals surface area contributed by atoms with Gasteiger partial charge in [-0.3, -0.25) is 9.52 Å². The Labute approximate surface area is 173 Å². The number of halogens is 1. The molecule has 1 heterocycles. The Kier molecular flexibility index (Phi) is 6.68. The molecule has 1 N–H and O–H groups in total. The molecule has 2 aromatic carbocycles. The fourth-order valence-electron chi connectivity index (χ4n) is 2.87. The molecule has 0 aliphatic carbocycles. The highest BCUT2D eigenvalue weighted by molar-refractivity contribution is 7.92. The minimum Gasteiger partial charge on any atom is -0.452 e. The van der Waals surface area contributed by atoms with Crippen LogP contribution in [0.25, 0.3) is 0 Å². The summed E-state index contributed by atoms with van der Waals surface area (Å²) >= 11 is 0. The van der Waals surface area contributed by atoms with Crippen molar-refractivity contribution in [2.75, 3.05) is 31.0 Å². The van der Waals surface area contributed by atoms with Gasteiger partial charge in [-0.25, -0.2) is 17.6 Å².